The number of ketones is 1. The summed E-state index contributed by atoms with van der Waals surface area (Å²) in [5, 5.41) is 16.7. The fraction of sp³-hybridized carbons (Fsp3) is 0.710. The summed E-state index contributed by atoms with van der Waals surface area (Å²) in [6, 6.07) is 11.1. The van der Waals surface area contributed by atoms with Crippen LogP contribution in [0.25, 0.3) is 0 Å². The molecular formula is C69H110N6O19. The number of hydrogen-bond acceptors (Lipinski definition) is 19. The number of benzene rings is 2. The Bertz CT molecular complexity index is 2750. The lowest BCUT2D eigenvalue weighted by molar-refractivity contribution is -0.243. The van der Waals surface area contributed by atoms with Crippen molar-refractivity contribution in [2.24, 2.45) is 41.4 Å². The molecule has 2 aliphatic rings. The summed E-state index contributed by atoms with van der Waals surface area (Å²) < 4.78 is 52.6. The zero-order valence-electron chi connectivity index (χ0n) is 59.1. The molecule has 4 rings (SSSR count). The van der Waals surface area contributed by atoms with E-state index in [-0.39, 0.29) is 110 Å². The second kappa shape index (κ2) is 38.3. The van der Waals surface area contributed by atoms with Crippen LogP contribution >= 0.6 is 0 Å². The van der Waals surface area contributed by atoms with Crippen molar-refractivity contribution in [1.29, 1.82) is 0 Å². The van der Waals surface area contributed by atoms with Crippen molar-refractivity contribution in [2.75, 3.05) is 73.2 Å². The Kier molecular flexibility index (Phi) is 32.6. The molecule has 2 fully saturated rings. The monoisotopic (exact) mass is 1330 g/mol. The molecule has 2 saturated heterocycles. The third-order valence-corrected chi connectivity index (χ3v) is 17.9. The van der Waals surface area contributed by atoms with Crippen LogP contribution in [0.1, 0.15) is 153 Å². The minimum absolute atomic E-state index is 0.00496. The number of hydroxylamine groups is 1. The molecule has 2 heterocycles. The Hall–Kier alpha value is -6.48. The summed E-state index contributed by atoms with van der Waals surface area (Å²) in [5.74, 6) is -4.76. The molecule has 15 atom stereocenters. The molecule has 2 unspecified atom stereocenters. The van der Waals surface area contributed by atoms with Gasteiger partial charge in [-0.05, 0) is 94.9 Å². The van der Waals surface area contributed by atoms with Gasteiger partial charge >= 0.3 is 18.2 Å². The lowest BCUT2D eigenvalue weighted by Gasteiger charge is -2.42. The maximum Gasteiger partial charge on any atom is 0.431 e. The highest BCUT2D eigenvalue weighted by Gasteiger charge is 2.46. The van der Waals surface area contributed by atoms with Gasteiger partial charge in [-0.1, -0.05) is 99.1 Å². The van der Waals surface area contributed by atoms with Crippen LogP contribution in [0.15, 0.2) is 48.5 Å². The smallest absolute Gasteiger partial charge is 0.431 e. The maximum atomic E-state index is 15.0. The number of anilines is 1. The van der Waals surface area contributed by atoms with E-state index in [4.69, 9.17) is 47.5 Å². The number of hydrogen-bond donors (Lipinski definition) is 4. The van der Waals surface area contributed by atoms with Gasteiger partial charge in [-0.15, -0.1) is 0 Å². The third kappa shape index (κ3) is 23.7. The van der Waals surface area contributed by atoms with Crippen molar-refractivity contribution in [3.8, 4) is 5.75 Å². The van der Waals surface area contributed by atoms with Crippen LogP contribution in [0.4, 0.5) is 15.3 Å². The normalized spacial score (nSPS) is 21.1. The van der Waals surface area contributed by atoms with Crippen LogP contribution in [0.2, 0.25) is 0 Å². The Morgan fingerprint density at radius 3 is 2.09 bits per heavy atom. The SMILES string of the molecule is CC[C@H](C)[C@@H]([C@@H](CC(=O)N1CCC[C@H]1[C@H](OC)[C@@H](C)C(=O)N[C@H](C)[C@@H](O)c1ccccc1)OC)N(C)C(=O)[C@@H](CC(=O)[C@H](C(C)C)N(C)C(=O)OCc1cc(NC(=O)COCCOCCONC(=O)OC(C)(C)C)ccc1O[C@@H]1OC(C)[C@@H](C)[C@H](C)C1OC(C)=O)C(C)C. The molecule has 2 aliphatic heterocycles. The Morgan fingerprint density at radius 1 is 0.819 bits per heavy atom. The van der Waals surface area contributed by atoms with Crippen molar-refractivity contribution in [3.05, 3.63) is 59.7 Å². The van der Waals surface area contributed by atoms with Crippen LogP contribution in [0, 0.1) is 41.4 Å². The van der Waals surface area contributed by atoms with Gasteiger partial charge in [0.15, 0.2) is 11.9 Å². The van der Waals surface area contributed by atoms with Gasteiger partial charge in [0.25, 0.3) is 0 Å². The summed E-state index contributed by atoms with van der Waals surface area (Å²) in [6.07, 6.45) is -4.54. The van der Waals surface area contributed by atoms with E-state index < -0.39 is 109 Å². The van der Waals surface area contributed by atoms with Gasteiger partial charge in [-0.25, -0.2) is 9.59 Å². The van der Waals surface area contributed by atoms with Crippen LogP contribution in [0.5, 0.6) is 5.75 Å². The second-order valence-corrected chi connectivity index (χ2v) is 26.7. The molecule has 0 aliphatic carbocycles. The van der Waals surface area contributed by atoms with Crippen molar-refractivity contribution >= 4 is 53.3 Å². The van der Waals surface area contributed by atoms with E-state index in [1.807, 2.05) is 66.7 Å². The largest absolute Gasteiger partial charge is 0.460 e. The first kappa shape index (κ1) is 80.0. The number of carbonyl (C=O) groups excluding carboxylic acids is 8. The molecular weight excluding hydrogens is 1220 g/mol. The van der Waals surface area contributed by atoms with Gasteiger partial charge in [0.2, 0.25) is 29.9 Å². The summed E-state index contributed by atoms with van der Waals surface area (Å²) in [6.45, 7) is 27.1. The molecule has 0 saturated carbocycles. The Labute approximate surface area is 556 Å². The number of amides is 6. The maximum absolute atomic E-state index is 15.0. The average Bonchev–Trinajstić information content (AvgIpc) is 1.10. The molecule has 0 spiro atoms. The zero-order valence-corrected chi connectivity index (χ0v) is 59.1. The zero-order chi connectivity index (χ0) is 70.3. The summed E-state index contributed by atoms with van der Waals surface area (Å²) in [5.41, 5.74) is 2.73. The minimum atomic E-state index is -1.07. The Morgan fingerprint density at radius 2 is 1.48 bits per heavy atom. The number of aliphatic hydroxyl groups is 1. The predicted octanol–water partition coefficient (Wildman–Crippen LogP) is 8.43. The van der Waals surface area contributed by atoms with E-state index in [0.29, 0.717) is 37.1 Å². The van der Waals surface area contributed by atoms with Gasteiger partial charge in [0, 0.05) is 71.3 Å². The molecule has 530 valence electrons. The van der Waals surface area contributed by atoms with Crippen LogP contribution in [-0.4, -0.2) is 196 Å². The molecule has 25 nitrogen and oxygen atoms in total. The fourth-order valence-corrected chi connectivity index (χ4v) is 12.2. The van der Waals surface area contributed by atoms with Gasteiger partial charge in [0.05, 0.1) is 87.3 Å². The molecule has 4 N–H and O–H groups in total. The highest BCUT2D eigenvalue weighted by molar-refractivity contribution is 5.93. The molecule has 0 bridgehead atoms. The number of Topliss-reactive ketones (excluding diaryl/α,β-unsaturated/α-hetero) is 1. The van der Waals surface area contributed by atoms with Gasteiger partial charge in [-0.3, -0.25) is 33.6 Å². The van der Waals surface area contributed by atoms with E-state index in [1.54, 1.807) is 95.6 Å². The standard InChI is InChI=1S/C69H110N6O19/c1-20-42(6)60(56(85-18)37-58(79)75-30-24-27-53(75)62(86-19)45(9)64(81)70-46(10)61(80)49-25-22-21-23-26-49)73(16)65(82)52(40(2)3)36-54(77)59(41(4)5)74(17)68(84)89-38-50-35-51(28-29-55(50)93-66-63(92-48(12)76)44(8)43(7)47(11)91-66)71-57(78)39-88-32-31-87-33-34-90-72-67(83)94-69(13,14)15/h21-23,25-26,28-29,35,40-47,52-53,56,59-63,66,80H,20,24,27,30-34,36-39H2,1-19H3,(H,70,81)(H,71,78)(H,72,83)/t42-,43-,44-,45+,46+,47?,52-,53-,56+,59-,60-,61+,62+,63?,66-/m0/s1. The highest BCUT2D eigenvalue weighted by Crippen LogP contribution is 2.37. The lowest BCUT2D eigenvalue weighted by atomic mass is 9.83. The number of likely N-dealkylation sites (N-methyl/N-ethyl adjacent to an activating group) is 2. The number of carbonyl (C=O) groups is 8. The second-order valence-electron chi connectivity index (χ2n) is 26.7. The molecule has 2 aromatic carbocycles. The van der Waals surface area contributed by atoms with Gasteiger partial charge in [-0.2, -0.15) is 5.48 Å². The third-order valence-electron chi connectivity index (χ3n) is 17.9. The van der Waals surface area contributed by atoms with Crippen molar-refractivity contribution < 1.29 is 90.9 Å². The van der Waals surface area contributed by atoms with Gasteiger partial charge < -0.3 is 73.1 Å². The number of methoxy groups -OCH3 is 2. The van der Waals surface area contributed by atoms with Gasteiger partial charge in [0.1, 0.15) is 24.6 Å². The summed E-state index contributed by atoms with van der Waals surface area (Å²) in [4.78, 5) is 119. The number of aliphatic hydroxyl groups excluding tert-OH is 1. The lowest BCUT2D eigenvalue weighted by Crippen LogP contribution is -2.55. The molecule has 2 aromatic rings. The molecule has 6 amide bonds. The number of nitrogens with zero attached hydrogens (tertiary/aromatic N) is 3. The topological polar surface area (TPSA) is 295 Å². The van der Waals surface area contributed by atoms with Crippen molar-refractivity contribution in [1.82, 2.24) is 25.5 Å². The van der Waals surface area contributed by atoms with E-state index >= 15 is 4.79 Å². The number of rotatable bonds is 36. The molecule has 0 radical (unpaired) electrons. The summed E-state index contributed by atoms with van der Waals surface area (Å²) in [7, 11) is 6.16. The number of nitrogens with one attached hydrogen (secondary N) is 3. The number of likely N-dealkylation sites (tertiary alicyclic amines) is 1. The predicted molar refractivity (Wildman–Crippen MR) is 351 cm³/mol. The first-order valence-electron chi connectivity index (χ1n) is 33.0. The minimum Gasteiger partial charge on any atom is -0.460 e. The molecule has 0 aromatic heterocycles. The highest BCUT2D eigenvalue weighted by atomic mass is 16.7. The Balaban J connectivity index is 1.48. The number of esters is 1. The van der Waals surface area contributed by atoms with Crippen LogP contribution < -0.4 is 20.9 Å². The fourth-order valence-electron chi connectivity index (χ4n) is 12.2. The first-order chi connectivity index (χ1) is 44.3. The van der Waals surface area contributed by atoms with Crippen molar-refractivity contribution in [2.45, 2.75) is 209 Å². The first-order valence-corrected chi connectivity index (χ1v) is 33.0. The van der Waals surface area contributed by atoms with Crippen LogP contribution in [-0.2, 0) is 78.1 Å². The number of ether oxygens (including phenoxy) is 9. The molecule has 94 heavy (non-hydrogen) atoms. The van der Waals surface area contributed by atoms with Crippen LogP contribution in [0.3, 0.4) is 0 Å². The quantitative estimate of drug-likeness (QED) is 0.0215. The van der Waals surface area contributed by atoms with E-state index in [0.717, 1.165) is 0 Å². The summed E-state index contributed by atoms with van der Waals surface area (Å²) >= 11 is 0. The molecule has 25 heteroatoms. The van der Waals surface area contributed by atoms with E-state index in [1.165, 1.54) is 33.1 Å². The average molecular weight is 1330 g/mol. The van der Waals surface area contributed by atoms with E-state index in [2.05, 4.69) is 16.1 Å². The van der Waals surface area contributed by atoms with E-state index in [9.17, 15) is 38.7 Å². The van der Waals surface area contributed by atoms with Crippen molar-refractivity contribution in [3.63, 3.8) is 0 Å².